The van der Waals surface area contributed by atoms with Gasteiger partial charge in [-0.25, -0.2) is 0 Å². The van der Waals surface area contributed by atoms with Crippen molar-refractivity contribution in [3.63, 3.8) is 0 Å². The first-order valence-electron chi connectivity index (χ1n) is 5.43. The second-order valence-corrected chi connectivity index (χ2v) is 4.17. The van der Waals surface area contributed by atoms with Gasteiger partial charge in [-0.3, -0.25) is 4.79 Å². The minimum absolute atomic E-state index is 0.181. The number of amides is 1. The minimum atomic E-state index is -0.181. The number of thiocarbonyl (C=S) groups is 1. The molecular formula is C14H12N2OS. The first-order chi connectivity index (χ1) is 8.68. The Balaban J connectivity index is 2.25. The van der Waals surface area contributed by atoms with E-state index < -0.39 is 0 Å². The average Bonchev–Trinajstić information content (AvgIpc) is 2.40. The Hall–Kier alpha value is -2.20. The van der Waals surface area contributed by atoms with E-state index in [1.165, 1.54) is 0 Å². The smallest absolute Gasteiger partial charge is 0.255 e. The number of carbonyl (C=O) groups excluding carboxylic acids is 1. The second-order valence-electron chi connectivity index (χ2n) is 3.73. The average molecular weight is 256 g/mol. The van der Waals surface area contributed by atoms with E-state index >= 15 is 0 Å². The Morgan fingerprint density at radius 2 is 1.61 bits per heavy atom. The summed E-state index contributed by atoms with van der Waals surface area (Å²) in [6.45, 7) is 0. The van der Waals surface area contributed by atoms with Gasteiger partial charge in [-0.15, -0.1) is 0 Å². The standard InChI is InChI=1S/C14H12N2OS/c15-13(18)11-8-4-5-9-12(11)16-14(17)10-6-2-1-3-7-10/h1-9H,(H2,15,18)(H,16,17). The van der Waals surface area contributed by atoms with Crippen LogP contribution in [0.25, 0.3) is 0 Å². The Kier molecular flexibility index (Phi) is 3.69. The third-order valence-electron chi connectivity index (χ3n) is 2.48. The number of nitrogens with two attached hydrogens (primary N) is 1. The van der Waals surface area contributed by atoms with Crippen molar-refractivity contribution in [1.29, 1.82) is 0 Å². The van der Waals surface area contributed by atoms with Crippen LogP contribution in [0.4, 0.5) is 5.69 Å². The Morgan fingerprint density at radius 1 is 1.00 bits per heavy atom. The largest absolute Gasteiger partial charge is 0.389 e. The maximum absolute atomic E-state index is 12.0. The predicted octanol–water partition coefficient (Wildman–Crippen LogP) is 2.57. The summed E-state index contributed by atoms with van der Waals surface area (Å²) in [7, 11) is 0. The molecule has 4 heteroatoms. The molecule has 0 spiro atoms. The molecule has 90 valence electrons. The SMILES string of the molecule is NC(=S)c1ccccc1NC(=O)c1ccccc1. The van der Waals surface area contributed by atoms with Crippen LogP contribution in [0.15, 0.2) is 54.6 Å². The van der Waals surface area contributed by atoms with Crippen molar-refractivity contribution in [2.45, 2.75) is 0 Å². The number of carbonyl (C=O) groups is 1. The molecule has 2 aromatic carbocycles. The third kappa shape index (κ3) is 2.73. The van der Waals surface area contributed by atoms with E-state index in [9.17, 15) is 4.79 Å². The molecule has 0 bridgehead atoms. The molecule has 2 aromatic rings. The molecule has 0 saturated carbocycles. The van der Waals surface area contributed by atoms with Crippen LogP contribution >= 0.6 is 12.2 Å². The highest BCUT2D eigenvalue weighted by atomic mass is 32.1. The van der Waals surface area contributed by atoms with Gasteiger partial charge in [-0.1, -0.05) is 42.5 Å². The summed E-state index contributed by atoms with van der Waals surface area (Å²) >= 11 is 4.95. The lowest BCUT2D eigenvalue weighted by Crippen LogP contribution is -2.17. The van der Waals surface area contributed by atoms with Crippen LogP contribution in [0.2, 0.25) is 0 Å². The number of rotatable bonds is 3. The fourth-order valence-electron chi connectivity index (χ4n) is 1.59. The molecule has 0 fully saturated rings. The van der Waals surface area contributed by atoms with Gasteiger partial charge in [0.25, 0.3) is 5.91 Å². The van der Waals surface area contributed by atoms with Crippen molar-refractivity contribution in [3.05, 3.63) is 65.7 Å². The Bertz CT molecular complexity index is 581. The lowest BCUT2D eigenvalue weighted by Gasteiger charge is -2.09. The molecular weight excluding hydrogens is 244 g/mol. The van der Waals surface area contributed by atoms with Gasteiger partial charge in [0.05, 0.1) is 5.69 Å². The lowest BCUT2D eigenvalue weighted by molar-refractivity contribution is 0.102. The highest BCUT2D eigenvalue weighted by molar-refractivity contribution is 7.80. The van der Waals surface area contributed by atoms with Gasteiger partial charge in [-0.2, -0.15) is 0 Å². The van der Waals surface area contributed by atoms with Gasteiger partial charge < -0.3 is 11.1 Å². The fourth-order valence-corrected chi connectivity index (χ4v) is 1.77. The number of benzene rings is 2. The number of para-hydroxylation sites is 1. The molecule has 1 amide bonds. The quantitative estimate of drug-likeness (QED) is 0.830. The van der Waals surface area contributed by atoms with Crippen LogP contribution < -0.4 is 11.1 Å². The van der Waals surface area contributed by atoms with Crippen LogP contribution in [-0.2, 0) is 0 Å². The van der Waals surface area contributed by atoms with E-state index in [1.807, 2.05) is 30.3 Å². The molecule has 0 aliphatic heterocycles. The zero-order valence-electron chi connectivity index (χ0n) is 9.59. The molecule has 3 N–H and O–H groups in total. The number of nitrogens with one attached hydrogen (secondary N) is 1. The van der Waals surface area contributed by atoms with Gasteiger partial charge >= 0.3 is 0 Å². The normalized spacial score (nSPS) is 9.78. The van der Waals surface area contributed by atoms with Crippen molar-refractivity contribution >= 4 is 28.8 Å². The molecule has 2 rings (SSSR count). The van der Waals surface area contributed by atoms with E-state index in [-0.39, 0.29) is 10.9 Å². The molecule has 0 radical (unpaired) electrons. The first kappa shape index (κ1) is 12.3. The molecule has 0 aromatic heterocycles. The molecule has 0 aliphatic rings. The molecule has 0 unspecified atom stereocenters. The van der Waals surface area contributed by atoms with Crippen molar-refractivity contribution < 1.29 is 4.79 Å². The Morgan fingerprint density at radius 3 is 2.28 bits per heavy atom. The third-order valence-corrected chi connectivity index (χ3v) is 2.70. The zero-order chi connectivity index (χ0) is 13.0. The van der Waals surface area contributed by atoms with Crippen molar-refractivity contribution in [2.75, 3.05) is 5.32 Å². The number of hydrogen-bond acceptors (Lipinski definition) is 2. The summed E-state index contributed by atoms with van der Waals surface area (Å²) in [6, 6.07) is 16.2. The predicted molar refractivity (Wildman–Crippen MR) is 76.7 cm³/mol. The van der Waals surface area contributed by atoms with Gasteiger partial charge in [0, 0.05) is 11.1 Å². The highest BCUT2D eigenvalue weighted by Crippen LogP contribution is 2.16. The van der Waals surface area contributed by atoms with Crippen LogP contribution in [0.3, 0.4) is 0 Å². The van der Waals surface area contributed by atoms with E-state index in [0.29, 0.717) is 16.8 Å². The van der Waals surface area contributed by atoms with Crippen LogP contribution in [0.1, 0.15) is 15.9 Å². The van der Waals surface area contributed by atoms with Crippen molar-refractivity contribution in [2.24, 2.45) is 5.73 Å². The summed E-state index contributed by atoms with van der Waals surface area (Å²) in [4.78, 5) is 12.3. The molecule has 0 heterocycles. The summed E-state index contributed by atoms with van der Waals surface area (Å²) in [5.74, 6) is -0.181. The van der Waals surface area contributed by atoms with E-state index in [2.05, 4.69) is 5.32 Å². The fraction of sp³-hybridized carbons (Fsp3) is 0. The van der Waals surface area contributed by atoms with E-state index in [0.717, 1.165) is 0 Å². The summed E-state index contributed by atoms with van der Waals surface area (Å²) in [5.41, 5.74) is 7.49. The number of anilines is 1. The first-order valence-corrected chi connectivity index (χ1v) is 5.84. The second kappa shape index (κ2) is 5.42. The van der Waals surface area contributed by atoms with Gasteiger partial charge in [0.15, 0.2) is 0 Å². The molecule has 0 atom stereocenters. The topological polar surface area (TPSA) is 55.1 Å². The lowest BCUT2D eigenvalue weighted by atomic mass is 10.1. The van der Waals surface area contributed by atoms with Gasteiger partial charge in [0.2, 0.25) is 0 Å². The summed E-state index contributed by atoms with van der Waals surface area (Å²) in [5, 5.41) is 2.80. The monoisotopic (exact) mass is 256 g/mol. The van der Waals surface area contributed by atoms with Crippen molar-refractivity contribution in [3.8, 4) is 0 Å². The number of hydrogen-bond donors (Lipinski definition) is 2. The van der Waals surface area contributed by atoms with E-state index in [1.54, 1.807) is 24.3 Å². The van der Waals surface area contributed by atoms with Crippen LogP contribution in [0, 0.1) is 0 Å². The van der Waals surface area contributed by atoms with Crippen molar-refractivity contribution in [1.82, 2.24) is 0 Å². The molecule has 0 aliphatic carbocycles. The molecule has 3 nitrogen and oxygen atoms in total. The maximum atomic E-state index is 12.0. The minimum Gasteiger partial charge on any atom is -0.389 e. The Labute approximate surface area is 111 Å². The zero-order valence-corrected chi connectivity index (χ0v) is 10.4. The van der Waals surface area contributed by atoms with E-state index in [4.69, 9.17) is 18.0 Å². The van der Waals surface area contributed by atoms with Crippen LogP contribution in [0.5, 0.6) is 0 Å². The maximum Gasteiger partial charge on any atom is 0.255 e. The van der Waals surface area contributed by atoms with Gasteiger partial charge in [0.1, 0.15) is 4.99 Å². The van der Waals surface area contributed by atoms with Gasteiger partial charge in [-0.05, 0) is 24.3 Å². The molecule has 18 heavy (non-hydrogen) atoms. The molecule has 0 saturated heterocycles. The highest BCUT2D eigenvalue weighted by Gasteiger charge is 2.09. The summed E-state index contributed by atoms with van der Waals surface area (Å²) < 4.78 is 0. The van der Waals surface area contributed by atoms with Crippen LogP contribution in [-0.4, -0.2) is 10.9 Å². The summed E-state index contributed by atoms with van der Waals surface area (Å²) in [6.07, 6.45) is 0.